The van der Waals surface area contributed by atoms with E-state index in [1.54, 1.807) is 13.8 Å². The summed E-state index contributed by atoms with van der Waals surface area (Å²) in [7, 11) is 0. The second-order valence-corrected chi connectivity index (χ2v) is 7.57. The Morgan fingerprint density at radius 3 is 1.93 bits per heavy atom. The summed E-state index contributed by atoms with van der Waals surface area (Å²) >= 11 is 0. The summed E-state index contributed by atoms with van der Waals surface area (Å²) in [5.74, 6) is -4.55. The van der Waals surface area contributed by atoms with Crippen molar-refractivity contribution in [2.24, 2.45) is 17.6 Å². The van der Waals surface area contributed by atoms with E-state index in [4.69, 9.17) is 15.9 Å². The number of carbonyl (C=O) groups excluding carboxylic acids is 3. The first-order valence-electron chi connectivity index (χ1n) is 9.42. The Labute approximate surface area is 169 Å². The highest BCUT2D eigenvalue weighted by Crippen LogP contribution is 2.07. The number of nitrogens with two attached hydrogens (primary N) is 1. The van der Waals surface area contributed by atoms with Gasteiger partial charge in [0.15, 0.2) is 0 Å². The average molecular weight is 416 g/mol. The van der Waals surface area contributed by atoms with Crippen molar-refractivity contribution in [3.63, 3.8) is 0 Å². The van der Waals surface area contributed by atoms with Gasteiger partial charge >= 0.3 is 11.9 Å². The molecule has 3 atom stereocenters. The molecule has 0 saturated heterocycles. The molecule has 0 aromatic carbocycles. The Kier molecular flexibility index (Phi) is 11.5. The van der Waals surface area contributed by atoms with Crippen LogP contribution < -0.4 is 21.7 Å². The first-order valence-corrected chi connectivity index (χ1v) is 9.42. The van der Waals surface area contributed by atoms with Gasteiger partial charge in [-0.1, -0.05) is 27.7 Å². The molecule has 0 aromatic heterocycles. The SMILES string of the molecule is CC(C)CC(NC(=O)CNC(=O)C(N)C(C)C)C(=O)NC(CCC(=O)O)C(=O)O. The minimum atomic E-state index is -1.39. The number of carboxylic acid groups (broad SMARTS) is 2. The van der Waals surface area contributed by atoms with Crippen LogP contribution in [0.15, 0.2) is 0 Å². The van der Waals surface area contributed by atoms with Gasteiger partial charge in [0.2, 0.25) is 17.7 Å². The molecule has 11 nitrogen and oxygen atoms in total. The molecule has 0 fully saturated rings. The molecule has 0 aliphatic heterocycles. The fraction of sp³-hybridized carbons (Fsp3) is 0.722. The molecule has 29 heavy (non-hydrogen) atoms. The van der Waals surface area contributed by atoms with Crippen LogP contribution in [0.1, 0.15) is 47.0 Å². The van der Waals surface area contributed by atoms with Gasteiger partial charge in [-0.15, -0.1) is 0 Å². The first kappa shape index (κ1) is 26.3. The minimum absolute atomic E-state index is 0.00250. The van der Waals surface area contributed by atoms with Crippen molar-refractivity contribution >= 4 is 29.7 Å². The van der Waals surface area contributed by atoms with E-state index in [0.29, 0.717) is 0 Å². The number of hydrogen-bond donors (Lipinski definition) is 6. The topological polar surface area (TPSA) is 188 Å². The van der Waals surface area contributed by atoms with Crippen LogP contribution >= 0.6 is 0 Å². The average Bonchev–Trinajstić information content (AvgIpc) is 2.60. The lowest BCUT2D eigenvalue weighted by atomic mass is 10.0. The van der Waals surface area contributed by atoms with Crippen LogP contribution in [-0.4, -0.2) is 64.5 Å². The summed E-state index contributed by atoms with van der Waals surface area (Å²) in [6, 6.07) is -3.21. The van der Waals surface area contributed by atoms with Crippen LogP contribution in [0.2, 0.25) is 0 Å². The van der Waals surface area contributed by atoms with E-state index in [1.807, 2.05) is 13.8 Å². The largest absolute Gasteiger partial charge is 0.481 e. The molecule has 0 spiro atoms. The Bertz CT molecular complexity index is 607. The summed E-state index contributed by atoms with van der Waals surface area (Å²) in [6.45, 7) is 6.76. The van der Waals surface area contributed by atoms with Gasteiger partial charge < -0.3 is 31.9 Å². The third kappa shape index (κ3) is 11.0. The quantitative estimate of drug-likeness (QED) is 0.221. The zero-order valence-electron chi connectivity index (χ0n) is 17.2. The van der Waals surface area contributed by atoms with Gasteiger partial charge in [-0.3, -0.25) is 19.2 Å². The molecule has 0 aromatic rings. The van der Waals surface area contributed by atoms with Gasteiger partial charge in [0, 0.05) is 6.42 Å². The Hall–Kier alpha value is -2.69. The van der Waals surface area contributed by atoms with Crippen LogP contribution in [0.3, 0.4) is 0 Å². The number of carboxylic acids is 2. The van der Waals surface area contributed by atoms with Crippen LogP contribution in [0, 0.1) is 11.8 Å². The lowest BCUT2D eigenvalue weighted by Crippen LogP contribution is -2.54. The minimum Gasteiger partial charge on any atom is -0.481 e. The number of hydrogen-bond acceptors (Lipinski definition) is 6. The smallest absolute Gasteiger partial charge is 0.326 e. The molecule has 0 bridgehead atoms. The van der Waals surface area contributed by atoms with Crippen molar-refractivity contribution in [2.45, 2.75) is 65.1 Å². The van der Waals surface area contributed by atoms with Crippen LogP contribution in [0.4, 0.5) is 0 Å². The van der Waals surface area contributed by atoms with Crippen LogP contribution in [0.25, 0.3) is 0 Å². The second kappa shape index (κ2) is 12.7. The molecule has 3 unspecified atom stereocenters. The standard InChI is InChI=1S/C18H32N4O7/c1-9(2)7-12(16(26)22-11(18(28)29)5-6-14(24)25)21-13(23)8-20-17(27)15(19)10(3)4/h9-12,15H,5-8,19H2,1-4H3,(H,20,27)(H,21,23)(H,22,26)(H,24,25)(H,28,29). The molecule has 11 heteroatoms. The van der Waals surface area contributed by atoms with Crippen molar-refractivity contribution < 1.29 is 34.2 Å². The lowest BCUT2D eigenvalue weighted by Gasteiger charge is -2.23. The molecule has 0 heterocycles. The summed E-state index contributed by atoms with van der Waals surface area (Å²) in [5.41, 5.74) is 5.69. The molecule has 3 amide bonds. The number of carbonyl (C=O) groups is 5. The molecular formula is C18H32N4O7. The van der Waals surface area contributed by atoms with Gasteiger partial charge in [0.25, 0.3) is 0 Å². The molecule has 0 aliphatic rings. The summed E-state index contributed by atoms with van der Waals surface area (Å²) < 4.78 is 0. The third-order valence-electron chi connectivity index (χ3n) is 4.06. The third-order valence-corrected chi connectivity index (χ3v) is 4.06. The maximum atomic E-state index is 12.5. The molecule has 0 saturated carbocycles. The van der Waals surface area contributed by atoms with Gasteiger partial charge in [-0.25, -0.2) is 4.79 Å². The van der Waals surface area contributed by atoms with Crippen LogP contribution in [0.5, 0.6) is 0 Å². The van der Waals surface area contributed by atoms with Crippen molar-refractivity contribution in [1.29, 1.82) is 0 Å². The van der Waals surface area contributed by atoms with Crippen molar-refractivity contribution in [2.75, 3.05) is 6.54 Å². The fourth-order valence-corrected chi connectivity index (χ4v) is 2.33. The Morgan fingerprint density at radius 2 is 1.48 bits per heavy atom. The zero-order chi connectivity index (χ0) is 22.7. The molecule has 7 N–H and O–H groups in total. The predicted molar refractivity (Wildman–Crippen MR) is 104 cm³/mol. The highest BCUT2D eigenvalue weighted by Gasteiger charge is 2.28. The van der Waals surface area contributed by atoms with Gasteiger partial charge in [-0.05, 0) is 24.7 Å². The molecule has 0 rings (SSSR count). The summed E-state index contributed by atoms with van der Waals surface area (Å²) in [6.07, 6.45) is -0.495. The van der Waals surface area contributed by atoms with Crippen LogP contribution in [-0.2, 0) is 24.0 Å². The maximum absolute atomic E-state index is 12.5. The predicted octanol–water partition coefficient (Wildman–Crippen LogP) is -0.949. The van der Waals surface area contributed by atoms with E-state index < -0.39 is 54.2 Å². The Balaban J connectivity index is 4.94. The van der Waals surface area contributed by atoms with Crippen molar-refractivity contribution in [1.82, 2.24) is 16.0 Å². The highest BCUT2D eigenvalue weighted by atomic mass is 16.4. The highest BCUT2D eigenvalue weighted by molar-refractivity contribution is 5.92. The normalized spacial score (nSPS) is 14.0. The van der Waals surface area contributed by atoms with E-state index in [2.05, 4.69) is 16.0 Å². The number of nitrogens with one attached hydrogen (secondary N) is 3. The summed E-state index contributed by atoms with van der Waals surface area (Å²) in [4.78, 5) is 58.3. The van der Waals surface area contributed by atoms with Gasteiger partial charge in [0.1, 0.15) is 12.1 Å². The lowest BCUT2D eigenvalue weighted by molar-refractivity contribution is -0.143. The maximum Gasteiger partial charge on any atom is 0.326 e. The summed E-state index contributed by atoms with van der Waals surface area (Å²) in [5, 5.41) is 25.0. The zero-order valence-corrected chi connectivity index (χ0v) is 17.2. The van der Waals surface area contributed by atoms with Crippen molar-refractivity contribution in [3.05, 3.63) is 0 Å². The van der Waals surface area contributed by atoms with E-state index in [0.717, 1.165) is 0 Å². The Morgan fingerprint density at radius 1 is 0.897 bits per heavy atom. The molecule has 0 aliphatic carbocycles. The van der Waals surface area contributed by atoms with E-state index in [9.17, 15) is 24.0 Å². The molecule has 0 radical (unpaired) electrons. The number of aliphatic carboxylic acids is 2. The van der Waals surface area contributed by atoms with E-state index >= 15 is 0 Å². The van der Waals surface area contributed by atoms with Crippen molar-refractivity contribution in [3.8, 4) is 0 Å². The van der Waals surface area contributed by atoms with Gasteiger partial charge in [-0.2, -0.15) is 0 Å². The fourth-order valence-electron chi connectivity index (χ4n) is 2.33. The monoisotopic (exact) mass is 416 g/mol. The number of amides is 3. The molecular weight excluding hydrogens is 384 g/mol. The first-order chi connectivity index (χ1) is 13.3. The van der Waals surface area contributed by atoms with E-state index in [-0.39, 0.29) is 31.2 Å². The van der Waals surface area contributed by atoms with E-state index in [1.165, 1.54) is 0 Å². The second-order valence-electron chi connectivity index (χ2n) is 7.57. The number of rotatable bonds is 13. The van der Waals surface area contributed by atoms with Gasteiger partial charge in [0.05, 0.1) is 12.6 Å². The molecule has 166 valence electrons.